The van der Waals surface area contributed by atoms with Gasteiger partial charge in [0.05, 0.1) is 5.56 Å². The first-order valence-corrected chi connectivity index (χ1v) is 8.08. The van der Waals surface area contributed by atoms with Crippen LogP contribution in [0, 0.1) is 18.3 Å². The van der Waals surface area contributed by atoms with E-state index in [0.29, 0.717) is 31.0 Å². The van der Waals surface area contributed by atoms with Gasteiger partial charge in [-0.05, 0) is 26.0 Å². The zero-order chi connectivity index (χ0) is 18.0. The van der Waals surface area contributed by atoms with Crippen molar-refractivity contribution in [1.29, 1.82) is 5.26 Å². The molecule has 1 atom stereocenters. The number of nitriles is 1. The Bertz CT molecular complexity index is 846. The van der Waals surface area contributed by atoms with Crippen molar-refractivity contribution in [1.82, 2.24) is 14.9 Å². The summed E-state index contributed by atoms with van der Waals surface area (Å²) in [6, 6.07) is 6.98. The summed E-state index contributed by atoms with van der Waals surface area (Å²) < 4.78 is 0. The van der Waals surface area contributed by atoms with Crippen LogP contribution in [-0.4, -0.2) is 51.6 Å². The fourth-order valence-corrected chi connectivity index (χ4v) is 3.07. The molecule has 25 heavy (non-hydrogen) atoms. The topological polar surface area (TPSA) is 93.3 Å². The summed E-state index contributed by atoms with van der Waals surface area (Å²) in [5.41, 5.74) is 1.52. The molecule has 1 aromatic carbocycles. The third-order valence-electron chi connectivity index (χ3n) is 4.36. The number of carbonyl (C=O) groups excluding carboxylic acids is 1. The summed E-state index contributed by atoms with van der Waals surface area (Å²) >= 11 is 0. The van der Waals surface area contributed by atoms with Gasteiger partial charge in [-0.15, -0.1) is 0 Å². The van der Waals surface area contributed by atoms with Gasteiger partial charge in [0.1, 0.15) is 11.8 Å². The van der Waals surface area contributed by atoms with Gasteiger partial charge in [0.25, 0.3) is 5.91 Å². The summed E-state index contributed by atoms with van der Waals surface area (Å²) in [7, 11) is 0. The molecule has 1 fully saturated rings. The molecule has 0 spiro atoms. The van der Waals surface area contributed by atoms with Gasteiger partial charge in [0.2, 0.25) is 0 Å². The Morgan fingerprint density at radius 2 is 2.08 bits per heavy atom. The molecule has 1 amide bonds. The first-order chi connectivity index (χ1) is 12.0. The lowest BCUT2D eigenvalue weighted by Crippen LogP contribution is -2.54. The van der Waals surface area contributed by atoms with Crippen molar-refractivity contribution >= 4 is 11.7 Å². The van der Waals surface area contributed by atoms with Crippen molar-refractivity contribution in [3.8, 4) is 11.8 Å². The highest BCUT2D eigenvalue weighted by Gasteiger charge is 2.30. The number of aromatic hydroxyl groups is 1. The van der Waals surface area contributed by atoms with Crippen LogP contribution in [0.25, 0.3) is 0 Å². The first-order valence-electron chi connectivity index (χ1n) is 8.08. The molecule has 2 aromatic rings. The van der Waals surface area contributed by atoms with Crippen LogP contribution < -0.4 is 4.90 Å². The average Bonchev–Trinajstić information content (AvgIpc) is 2.63. The number of carbonyl (C=O) groups is 1. The Morgan fingerprint density at radius 1 is 1.32 bits per heavy atom. The molecule has 0 saturated carbocycles. The van der Waals surface area contributed by atoms with Crippen LogP contribution in [0.2, 0.25) is 0 Å². The Kier molecular flexibility index (Phi) is 4.52. The number of amides is 1. The maximum absolute atomic E-state index is 12.8. The van der Waals surface area contributed by atoms with Crippen molar-refractivity contribution in [2.75, 3.05) is 24.5 Å². The molecular weight excluding hydrogens is 318 g/mol. The number of hydrogen-bond acceptors (Lipinski definition) is 6. The van der Waals surface area contributed by atoms with Crippen molar-refractivity contribution in [2.24, 2.45) is 0 Å². The predicted octanol–water partition coefficient (Wildman–Crippen LogP) is 1.71. The van der Waals surface area contributed by atoms with Gasteiger partial charge in [0.15, 0.2) is 11.5 Å². The van der Waals surface area contributed by atoms with Gasteiger partial charge in [-0.2, -0.15) is 5.26 Å². The second kappa shape index (κ2) is 6.77. The quantitative estimate of drug-likeness (QED) is 0.897. The normalized spacial score (nSPS) is 17.2. The van der Waals surface area contributed by atoms with Gasteiger partial charge in [-0.3, -0.25) is 4.79 Å². The summed E-state index contributed by atoms with van der Waals surface area (Å²) in [6.45, 7) is 5.41. The largest absolute Gasteiger partial charge is 0.507 e. The second-order valence-corrected chi connectivity index (χ2v) is 6.15. The Morgan fingerprint density at radius 3 is 2.80 bits per heavy atom. The van der Waals surface area contributed by atoms with E-state index in [1.54, 1.807) is 29.3 Å². The monoisotopic (exact) mass is 337 g/mol. The number of hydrogen-bond donors (Lipinski definition) is 1. The van der Waals surface area contributed by atoms with Crippen LogP contribution in [-0.2, 0) is 0 Å². The van der Waals surface area contributed by atoms with Crippen molar-refractivity contribution in [2.45, 2.75) is 19.9 Å². The van der Waals surface area contributed by atoms with Crippen LogP contribution in [0.1, 0.15) is 28.5 Å². The molecule has 1 saturated heterocycles. The third-order valence-corrected chi connectivity index (χ3v) is 4.36. The number of aryl methyl sites for hydroxylation is 1. The molecule has 7 heteroatoms. The Labute approximate surface area is 146 Å². The maximum atomic E-state index is 12.8. The molecule has 0 aliphatic carbocycles. The van der Waals surface area contributed by atoms with E-state index in [0.717, 1.165) is 5.56 Å². The molecule has 3 rings (SSSR count). The lowest BCUT2D eigenvalue weighted by atomic mass is 10.1. The minimum absolute atomic E-state index is 0.00841. The molecule has 1 aromatic heterocycles. The molecule has 7 nitrogen and oxygen atoms in total. The molecule has 0 bridgehead atoms. The minimum Gasteiger partial charge on any atom is -0.507 e. The van der Waals surface area contributed by atoms with E-state index in [9.17, 15) is 15.2 Å². The standard InChI is InChI=1S/C18H19N5O2/c1-12-3-4-16(24)14(9-12)18(25)23-8-7-22(11-13(23)2)17-15(10-19)20-5-6-21-17/h3-6,9,13,24H,7-8,11H2,1-2H3. The van der Waals surface area contributed by atoms with Crippen molar-refractivity contribution < 1.29 is 9.90 Å². The minimum atomic E-state index is -0.187. The Balaban J connectivity index is 1.79. The number of benzene rings is 1. The summed E-state index contributed by atoms with van der Waals surface area (Å²) in [5.74, 6) is 0.348. The van der Waals surface area contributed by atoms with Crippen molar-refractivity contribution in [3.05, 3.63) is 47.4 Å². The smallest absolute Gasteiger partial charge is 0.257 e. The SMILES string of the molecule is Cc1ccc(O)c(C(=O)N2CCN(c3nccnc3C#N)CC2C)c1. The van der Waals surface area contributed by atoms with E-state index >= 15 is 0 Å². The molecule has 1 aliphatic heterocycles. The van der Waals surface area contributed by atoms with Crippen LogP contribution in [0.15, 0.2) is 30.6 Å². The molecular formula is C18H19N5O2. The zero-order valence-electron chi connectivity index (χ0n) is 14.2. The van der Waals surface area contributed by atoms with Gasteiger partial charge in [-0.1, -0.05) is 11.6 Å². The Hall–Kier alpha value is -3.14. The van der Waals surface area contributed by atoms with E-state index in [-0.39, 0.29) is 23.4 Å². The highest BCUT2D eigenvalue weighted by Crippen LogP contribution is 2.24. The maximum Gasteiger partial charge on any atom is 0.257 e. The molecule has 0 radical (unpaired) electrons. The summed E-state index contributed by atoms with van der Waals surface area (Å²) in [4.78, 5) is 24.8. The van der Waals surface area contributed by atoms with Gasteiger partial charge < -0.3 is 14.9 Å². The van der Waals surface area contributed by atoms with Crippen LogP contribution in [0.4, 0.5) is 5.82 Å². The van der Waals surface area contributed by atoms with Crippen LogP contribution >= 0.6 is 0 Å². The second-order valence-electron chi connectivity index (χ2n) is 6.15. The van der Waals surface area contributed by atoms with E-state index < -0.39 is 0 Å². The third kappa shape index (κ3) is 3.24. The van der Waals surface area contributed by atoms with E-state index in [1.165, 1.54) is 6.20 Å². The number of nitrogens with zero attached hydrogens (tertiary/aromatic N) is 5. The van der Waals surface area contributed by atoms with Gasteiger partial charge >= 0.3 is 0 Å². The molecule has 2 heterocycles. The zero-order valence-corrected chi connectivity index (χ0v) is 14.2. The fraction of sp³-hybridized carbons (Fsp3) is 0.333. The van der Waals surface area contributed by atoms with Gasteiger partial charge in [0, 0.05) is 38.1 Å². The summed E-state index contributed by atoms with van der Waals surface area (Å²) in [5, 5.41) is 19.2. The number of piperazine rings is 1. The highest BCUT2D eigenvalue weighted by molar-refractivity contribution is 5.97. The van der Waals surface area contributed by atoms with Crippen LogP contribution in [0.5, 0.6) is 5.75 Å². The molecule has 1 aliphatic rings. The van der Waals surface area contributed by atoms with E-state index in [1.807, 2.05) is 18.7 Å². The number of anilines is 1. The number of rotatable bonds is 2. The number of aromatic nitrogens is 2. The molecule has 1 N–H and O–H groups in total. The predicted molar refractivity (Wildman–Crippen MR) is 92.3 cm³/mol. The average molecular weight is 337 g/mol. The van der Waals surface area contributed by atoms with Gasteiger partial charge in [-0.25, -0.2) is 9.97 Å². The van der Waals surface area contributed by atoms with E-state index in [4.69, 9.17) is 0 Å². The number of phenolic OH excluding ortho intramolecular Hbond substituents is 1. The number of phenols is 1. The fourth-order valence-electron chi connectivity index (χ4n) is 3.07. The van der Waals surface area contributed by atoms with Crippen LogP contribution in [0.3, 0.4) is 0 Å². The molecule has 1 unspecified atom stereocenters. The highest BCUT2D eigenvalue weighted by atomic mass is 16.3. The van der Waals surface area contributed by atoms with E-state index in [2.05, 4.69) is 16.0 Å². The lowest BCUT2D eigenvalue weighted by Gasteiger charge is -2.40. The first kappa shape index (κ1) is 16.7. The van der Waals surface area contributed by atoms with Crippen molar-refractivity contribution in [3.63, 3.8) is 0 Å². The lowest BCUT2D eigenvalue weighted by molar-refractivity contribution is 0.0670. The molecule has 128 valence electrons. The summed E-state index contributed by atoms with van der Waals surface area (Å²) in [6.07, 6.45) is 3.05.